The Bertz CT molecular complexity index is 432. The summed E-state index contributed by atoms with van der Waals surface area (Å²) in [6, 6.07) is 0. The number of hydrogen-bond donors (Lipinski definition) is 4. The Kier molecular flexibility index (Phi) is 3.93. The van der Waals surface area contributed by atoms with Gasteiger partial charge in [-0.1, -0.05) is 0 Å². The van der Waals surface area contributed by atoms with E-state index in [1.165, 1.54) is 6.33 Å². The van der Waals surface area contributed by atoms with Crippen molar-refractivity contribution in [3.8, 4) is 0 Å². The van der Waals surface area contributed by atoms with Crippen LogP contribution >= 0.6 is 0 Å². The van der Waals surface area contributed by atoms with Crippen LogP contribution in [0.5, 0.6) is 0 Å². The molecule has 0 aromatic carbocycles. The summed E-state index contributed by atoms with van der Waals surface area (Å²) >= 11 is 0. The predicted molar refractivity (Wildman–Crippen MR) is 68.8 cm³/mol. The normalized spacial score (nSPS) is 14.1. The lowest BCUT2D eigenvalue weighted by molar-refractivity contribution is -0.122. The third-order valence-corrected chi connectivity index (χ3v) is 2.89. The zero-order valence-corrected chi connectivity index (χ0v) is 10.4. The third kappa shape index (κ3) is 3.07. The van der Waals surface area contributed by atoms with Crippen molar-refractivity contribution in [1.29, 1.82) is 0 Å². The molecule has 1 aliphatic rings. The summed E-state index contributed by atoms with van der Waals surface area (Å²) in [7, 11) is 0. The van der Waals surface area contributed by atoms with E-state index in [0.29, 0.717) is 18.9 Å². The zero-order chi connectivity index (χ0) is 13.0. The lowest BCUT2D eigenvalue weighted by atomic mass is 10.3. The maximum absolute atomic E-state index is 11.4. The summed E-state index contributed by atoms with van der Waals surface area (Å²) in [5.74, 6) is 7.04. The summed E-state index contributed by atoms with van der Waals surface area (Å²) in [6.07, 6.45) is 3.49. The molecule has 0 bridgehead atoms. The van der Waals surface area contributed by atoms with Gasteiger partial charge >= 0.3 is 0 Å². The molecule has 1 aromatic rings. The maximum atomic E-state index is 11.4. The van der Waals surface area contributed by atoms with Gasteiger partial charge in [-0.25, -0.2) is 15.8 Å². The number of amides is 1. The van der Waals surface area contributed by atoms with E-state index >= 15 is 0 Å². The molecule has 1 amide bonds. The van der Waals surface area contributed by atoms with Gasteiger partial charge in [0.1, 0.15) is 18.0 Å². The van der Waals surface area contributed by atoms with Crippen LogP contribution in [-0.2, 0) is 4.79 Å². The quantitative estimate of drug-likeness (QED) is 0.322. The molecule has 98 valence electrons. The minimum atomic E-state index is 0.153. The van der Waals surface area contributed by atoms with Crippen LogP contribution in [0.3, 0.4) is 0 Å². The van der Waals surface area contributed by atoms with Crippen LogP contribution in [0.2, 0.25) is 0 Å². The molecule has 5 N–H and O–H groups in total. The molecule has 1 aliphatic carbocycles. The fourth-order valence-corrected chi connectivity index (χ4v) is 1.63. The van der Waals surface area contributed by atoms with Gasteiger partial charge in [0, 0.05) is 24.6 Å². The van der Waals surface area contributed by atoms with Crippen molar-refractivity contribution in [2.75, 3.05) is 23.8 Å². The maximum Gasteiger partial charge on any atom is 0.223 e. The fraction of sp³-hybridized carbons (Fsp3) is 0.545. The second-order valence-corrected chi connectivity index (χ2v) is 4.33. The first-order chi connectivity index (χ1) is 8.72. The van der Waals surface area contributed by atoms with Crippen molar-refractivity contribution in [1.82, 2.24) is 15.3 Å². The van der Waals surface area contributed by atoms with Crippen molar-refractivity contribution in [2.45, 2.75) is 19.8 Å². The van der Waals surface area contributed by atoms with Gasteiger partial charge in [0.15, 0.2) is 0 Å². The number of nitrogen functional groups attached to an aromatic ring is 1. The minimum absolute atomic E-state index is 0.153. The Labute approximate surface area is 106 Å². The minimum Gasteiger partial charge on any atom is -0.368 e. The Morgan fingerprint density at radius 2 is 2.11 bits per heavy atom. The Morgan fingerprint density at radius 1 is 1.39 bits per heavy atom. The van der Waals surface area contributed by atoms with Gasteiger partial charge in [0.25, 0.3) is 0 Å². The number of hydrogen-bond acceptors (Lipinski definition) is 6. The van der Waals surface area contributed by atoms with Gasteiger partial charge in [-0.05, 0) is 19.8 Å². The van der Waals surface area contributed by atoms with Crippen LogP contribution in [0.25, 0.3) is 0 Å². The lowest BCUT2D eigenvalue weighted by Gasteiger charge is -2.11. The van der Waals surface area contributed by atoms with Crippen LogP contribution in [0.4, 0.5) is 11.6 Å². The Hall–Kier alpha value is -1.89. The number of carbonyl (C=O) groups excluding carboxylic acids is 1. The molecule has 0 saturated heterocycles. The van der Waals surface area contributed by atoms with E-state index in [1.54, 1.807) is 0 Å². The third-order valence-electron chi connectivity index (χ3n) is 2.89. The molecule has 7 nitrogen and oxygen atoms in total. The van der Waals surface area contributed by atoms with Crippen LogP contribution in [-0.4, -0.2) is 29.0 Å². The van der Waals surface area contributed by atoms with E-state index < -0.39 is 0 Å². The largest absolute Gasteiger partial charge is 0.368 e. The van der Waals surface area contributed by atoms with Gasteiger partial charge < -0.3 is 16.1 Å². The van der Waals surface area contributed by atoms with Crippen molar-refractivity contribution in [2.24, 2.45) is 11.8 Å². The molecule has 1 aromatic heterocycles. The highest BCUT2D eigenvalue weighted by Crippen LogP contribution is 2.28. The summed E-state index contributed by atoms with van der Waals surface area (Å²) in [5.41, 5.74) is 3.36. The summed E-state index contributed by atoms with van der Waals surface area (Å²) in [4.78, 5) is 19.5. The molecule has 0 unspecified atom stereocenters. The van der Waals surface area contributed by atoms with Crippen molar-refractivity contribution in [3.63, 3.8) is 0 Å². The summed E-state index contributed by atoms with van der Waals surface area (Å²) < 4.78 is 0. The SMILES string of the molecule is Cc1c(NN)ncnc1NCCNC(=O)C1CC1. The lowest BCUT2D eigenvalue weighted by Crippen LogP contribution is -2.30. The topological polar surface area (TPSA) is 105 Å². The molecule has 1 fully saturated rings. The smallest absolute Gasteiger partial charge is 0.223 e. The van der Waals surface area contributed by atoms with Crippen LogP contribution in [0, 0.1) is 12.8 Å². The van der Waals surface area contributed by atoms with Crippen LogP contribution in [0.1, 0.15) is 18.4 Å². The standard InChI is InChI=1S/C11H18N6O/c1-7-9(15-6-16-10(7)17-12)13-4-5-14-11(18)8-2-3-8/h6,8H,2-5,12H2,1H3,(H,14,18)(H2,13,15,16,17). The average molecular weight is 250 g/mol. The van der Waals surface area contributed by atoms with Gasteiger partial charge in [-0.2, -0.15) is 0 Å². The molecule has 18 heavy (non-hydrogen) atoms. The number of rotatable bonds is 6. The number of aromatic nitrogens is 2. The number of nitrogens with one attached hydrogen (secondary N) is 3. The van der Waals surface area contributed by atoms with E-state index in [1.807, 2.05) is 6.92 Å². The number of carbonyl (C=O) groups is 1. The molecule has 0 spiro atoms. The summed E-state index contributed by atoms with van der Waals surface area (Å²) in [6.45, 7) is 3.09. The average Bonchev–Trinajstić information content (AvgIpc) is 3.20. The molecule has 1 heterocycles. The zero-order valence-electron chi connectivity index (χ0n) is 10.4. The van der Waals surface area contributed by atoms with Gasteiger partial charge in [-0.3, -0.25) is 4.79 Å². The second-order valence-electron chi connectivity index (χ2n) is 4.33. The molecule has 0 radical (unpaired) electrons. The first kappa shape index (κ1) is 12.6. The molecule has 0 atom stereocenters. The second kappa shape index (κ2) is 5.63. The van der Waals surface area contributed by atoms with Gasteiger partial charge in [0.05, 0.1) is 0 Å². The molecule has 2 rings (SSSR count). The summed E-state index contributed by atoms with van der Waals surface area (Å²) in [5, 5.41) is 6.02. The van der Waals surface area contributed by atoms with E-state index in [-0.39, 0.29) is 11.8 Å². The number of anilines is 2. The fourth-order valence-electron chi connectivity index (χ4n) is 1.63. The van der Waals surface area contributed by atoms with E-state index in [2.05, 4.69) is 26.0 Å². The van der Waals surface area contributed by atoms with Crippen LogP contribution < -0.4 is 21.9 Å². The first-order valence-electron chi connectivity index (χ1n) is 6.02. The first-order valence-corrected chi connectivity index (χ1v) is 6.02. The highest BCUT2D eigenvalue weighted by atomic mass is 16.2. The van der Waals surface area contributed by atoms with E-state index in [4.69, 9.17) is 5.84 Å². The highest BCUT2D eigenvalue weighted by molar-refractivity contribution is 5.80. The number of nitrogens with two attached hydrogens (primary N) is 1. The van der Waals surface area contributed by atoms with Gasteiger partial charge in [-0.15, -0.1) is 0 Å². The van der Waals surface area contributed by atoms with E-state index in [9.17, 15) is 4.79 Å². The predicted octanol–water partition coefficient (Wildman–Crippen LogP) is 0.00872. The van der Waals surface area contributed by atoms with Crippen molar-refractivity contribution >= 4 is 17.5 Å². The van der Waals surface area contributed by atoms with Crippen molar-refractivity contribution < 1.29 is 4.79 Å². The number of nitrogens with zero attached hydrogens (tertiary/aromatic N) is 2. The molecular formula is C11H18N6O. The number of hydrazine groups is 1. The van der Waals surface area contributed by atoms with Crippen LogP contribution in [0.15, 0.2) is 6.33 Å². The highest BCUT2D eigenvalue weighted by Gasteiger charge is 2.28. The Morgan fingerprint density at radius 3 is 2.78 bits per heavy atom. The van der Waals surface area contributed by atoms with Gasteiger partial charge in [0.2, 0.25) is 5.91 Å². The Balaban J connectivity index is 1.77. The molecular weight excluding hydrogens is 232 g/mol. The van der Waals surface area contributed by atoms with Crippen molar-refractivity contribution in [3.05, 3.63) is 11.9 Å². The molecule has 7 heteroatoms. The molecule has 1 saturated carbocycles. The molecule has 0 aliphatic heterocycles. The van der Waals surface area contributed by atoms with E-state index in [0.717, 1.165) is 24.2 Å². The monoisotopic (exact) mass is 250 g/mol.